The van der Waals surface area contributed by atoms with E-state index in [0.29, 0.717) is 18.7 Å². The molecule has 1 N–H and O–H groups in total. The lowest BCUT2D eigenvalue weighted by Crippen LogP contribution is -2.25. The third-order valence-corrected chi connectivity index (χ3v) is 2.81. The van der Waals surface area contributed by atoms with Gasteiger partial charge in [-0.05, 0) is 40.6 Å². The predicted octanol–water partition coefficient (Wildman–Crippen LogP) is 1.30. The quantitative estimate of drug-likeness (QED) is 0.492. The van der Waals surface area contributed by atoms with Crippen molar-refractivity contribution in [3.63, 3.8) is 0 Å². The molecule has 0 bridgehead atoms. The predicted molar refractivity (Wildman–Crippen MR) is 68.4 cm³/mol. The molecule has 1 aromatic heterocycles. The summed E-state index contributed by atoms with van der Waals surface area (Å²) in [5, 5.41) is 6.32. The van der Waals surface area contributed by atoms with Crippen molar-refractivity contribution in [3.05, 3.63) is 15.5 Å². The molecule has 1 amide bonds. The van der Waals surface area contributed by atoms with Crippen molar-refractivity contribution in [2.24, 2.45) is 7.05 Å². The molecule has 0 spiro atoms. The van der Waals surface area contributed by atoms with Crippen LogP contribution in [0.5, 0.6) is 0 Å². The van der Waals surface area contributed by atoms with Gasteiger partial charge in [0, 0.05) is 26.2 Å². The molecule has 0 unspecified atom stereocenters. The molecule has 16 heavy (non-hydrogen) atoms. The number of amides is 1. The minimum Gasteiger partial charge on any atom is -0.351 e. The summed E-state index contributed by atoms with van der Waals surface area (Å²) < 4.78 is 2.38. The molecule has 0 saturated carbocycles. The van der Waals surface area contributed by atoms with Gasteiger partial charge in [0.1, 0.15) is 0 Å². The summed E-state index contributed by atoms with van der Waals surface area (Å²) in [6, 6.07) is 0. The van der Waals surface area contributed by atoms with Gasteiger partial charge in [0.15, 0.2) is 5.69 Å². The zero-order chi connectivity index (χ0) is 12.1. The second kappa shape index (κ2) is 6.19. The van der Waals surface area contributed by atoms with Crippen molar-refractivity contribution in [1.82, 2.24) is 15.1 Å². The number of rotatable bonds is 5. The lowest BCUT2D eigenvalue weighted by Gasteiger charge is -2.01. The third-order valence-electron chi connectivity index (χ3n) is 1.83. The molecule has 0 aliphatic heterocycles. The Balaban J connectivity index is 2.41. The van der Waals surface area contributed by atoms with Crippen LogP contribution in [-0.4, -0.2) is 27.5 Å². The van der Waals surface area contributed by atoms with Gasteiger partial charge in [-0.25, -0.2) is 0 Å². The molecule has 1 heterocycles. The van der Waals surface area contributed by atoms with E-state index in [2.05, 4.69) is 10.4 Å². The maximum atomic E-state index is 11.6. The third kappa shape index (κ3) is 4.09. The van der Waals surface area contributed by atoms with E-state index in [1.165, 1.54) is 0 Å². The first-order valence-corrected chi connectivity index (χ1v) is 6.12. The topological polar surface area (TPSA) is 64.0 Å². The standard InChI is InChI=1S/C9H11ClIN3O2/c1-14-5-6(11)8(13-14)9(16)12-4-2-3-7(10)15/h5H,2-4H2,1H3,(H,12,16). The maximum Gasteiger partial charge on any atom is 0.272 e. The largest absolute Gasteiger partial charge is 0.351 e. The molecule has 88 valence electrons. The van der Waals surface area contributed by atoms with Gasteiger partial charge in [-0.15, -0.1) is 0 Å². The fourth-order valence-electron chi connectivity index (χ4n) is 1.13. The number of carbonyl (C=O) groups is 2. The van der Waals surface area contributed by atoms with E-state index in [9.17, 15) is 9.59 Å². The SMILES string of the molecule is Cn1cc(I)c(C(=O)NCCCC(=O)Cl)n1. The van der Waals surface area contributed by atoms with Crippen LogP contribution in [-0.2, 0) is 11.8 Å². The fourth-order valence-corrected chi connectivity index (χ4v) is 2.02. The number of hydrogen-bond donors (Lipinski definition) is 1. The number of hydrogen-bond acceptors (Lipinski definition) is 3. The van der Waals surface area contributed by atoms with Crippen LogP contribution in [0.15, 0.2) is 6.20 Å². The summed E-state index contributed by atoms with van der Waals surface area (Å²) in [4.78, 5) is 22.1. The van der Waals surface area contributed by atoms with E-state index in [1.54, 1.807) is 17.9 Å². The normalized spacial score (nSPS) is 10.2. The van der Waals surface area contributed by atoms with E-state index in [1.807, 2.05) is 22.6 Å². The second-order valence-corrected chi connectivity index (χ2v) is 4.80. The molecule has 0 saturated heterocycles. The summed E-state index contributed by atoms with van der Waals surface area (Å²) in [6.45, 7) is 0.421. The number of halogens is 2. The molecular weight excluding hydrogens is 344 g/mol. The van der Waals surface area contributed by atoms with E-state index >= 15 is 0 Å². The van der Waals surface area contributed by atoms with Gasteiger partial charge in [0.2, 0.25) is 5.24 Å². The molecule has 5 nitrogen and oxygen atoms in total. The number of aromatic nitrogens is 2. The zero-order valence-electron chi connectivity index (χ0n) is 8.67. The first-order valence-electron chi connectivity index (χ1n) is 4.66. The average molecular weight is 356 g/mol. The van der Waals surface area contributed by atoms with Crippen LogP contribution in [0.3, 0.4) is 0 Å². The fraction of sp³-hybridized carbons (Fsp3) is 0.444. The lowest BCUT2D eigenvalue weighted by molar-refractivity contribution is -0.111. The van der Waals surface area contributed by atoms with Crippen molar-refractivity contribution in [3.8, 4) is 0 Å². The van der Waals surface area contributed by atoms with Gasteiger partial charge in [0.25, 0.3) is 5.91 Å². The van der Waals surface area contributed by atoms with Crippen molar-refractivity contribution in [1.29, 1.82) is 0 Å². The van der Waals surface area contributed by atoms with E-state index in [-0.39, 0.29) is 17.6 Å². The molecule has 0 aromatic carbocycles. The molecule has 0 fully saturated rings. The Labute approximate surface area is 112 Å². The van der Waals surface area contributed by atoms with Crippen LogP contribution < -0.4 is 5.32 Å². The molecular formula is C9H11ClIN3O2. The van der Waals surface area contributed by atoms with Gasteiger partial charge in [-0.1, -0.05) is 0 Å². The minimum absolute atomic E-state index is 0.230. The maximum absolute atomic E-state index is 11.6. The van der Waals surface area contributed by atoms with E-state index < -0.39 is 0 Å². The highest BCUT2D eigenvalue weighted by Crippen LogP contribution is 2.08. The van der Waals surface area contributed by atoms with Crippen molar-refractivity contribution < 1.29 is 9.59 Å². The molecule has 0 atom stereocenters. The summed E-state index contributed by atoms with van der Waals surface area (Å²) in [5.41, 5.74) is 0.403. The van der Waals surface area contributed by atoms with Crippen LogP contribution in [0.25, 0.3) is 0 Å². The monoisotopic (exact) mass is 355 g/mol. The number of carbonyl (C=O) groups excluding carboxylic acids is 2. The van der Waals surface area contributed by atoms with Gasteiger partial charge in [0.05, 0.1) is 3.57 Å². The molecule has 7 heteroatoms. The van der Waals surface area contributed by atoms with Gasteiger partial charge in [-0.2, -0.15) is 5.10 Å². The Morgan fingerprint density at radius 3 is 2.81 bits per heavy atom. The van der Waals surface area contributed by atoms with Gasteiger partial charge < -0.3 is 5.32 Å². The molecule has 0 aliphatic carbocycles. The first-order chi connectivity index (χ1) is 7.50. The Bertz CT molecular complexity index is 405. The highest BCUT2D eigenvalue weighted by atomic mass is 127. The van der Waals surface area contributed by atoms with Crippen molar-refractivity contribution in [2.75, 3.05) is 6.54 Å². The van der Waals surface area contributed by atoms with Crippen LogP contribution in [0.1, 0.15) is 23.3 Å². The first kappa shape index (κ1) is 13.4. The molecule has 1 aromatic rings. The smallest absolute Gasteiger partial charge is 0.272 e. The van der Waals surface area contributed by atoms with Crippen LogP contribution in [0.4, 0.5) is 0 Å². The number of nitrogens with one attached hydrogen (secondary N) is 1. The van der Waals surface area contributed by atoms with E-state index in [4.69, 9.17) is 11.6 Å². The van der Waals surface area contributed by atoms with Crippen LogP contribution in [0, 0.1) is 3.57 Å². The Morgan fingerprint density at radius 2 is 2.31 bits per heavy atom. The summed E-state index contributed by atoms with van der Waals surface area (Å²) >= 11 is 7.22. The Morgan fingerprint density at radius 1 is 1.62 bits per heavy atom. The Hall–Kier alpha value is -0.630. The van der Waals surface area contributed by atoms with Gasteiger partial charge in [-0.3, -0.25) is 14.3 Å². The van der Waals surface area contributed by atoms with Crippen molar-refractivity contribution >= 4 is 45.3 Å². The molecule has 0 aliphatic rings. The van der Waals surface area contributed by atoms with E-state index in [0.717, 1.165) is 3.57 Å². The van der Waals surface area contributed by atoms with Crippen LogP contribution >= 0.6 is 34.2 Å². The lowest BCUT2D eigenvalue weighted by atomic mass is 10.3. The number of aryl methyl sites for hydroxylation is 1. The summed E-state index contributed by atoms with van der Waals surface area (Å²) in [7, 11) is 1.76. The molecule has 0 radical (unpaired) electrons. The second-order valence-electron chi connectivity index (χ2n) is 3.21. The number of nitrogens with zero attached hydrogens (tertiary/aromatic N) is 2. The highest BCUT2D eigenvalue weighted by molar-refractivity contribution is 14.1. The summed E-state index contributed by atoms with van der Waals surface area (Å²) in [5.74, 6) is -0.230. The zero-order valence-corrected chi connectivity index (χ0v) is 11.6. The van der Waals surface area contributed by atoms with Crippen LogP contribution in [0.2, 0.25) is 0 Å². The Kier molecular flexibility index (Phi) is 5.20. The summed E-state index contributed by atoms with van der Waals surface area (Å²) in [6.07, 6.45) is 2.57. The molecule has 1 rings (SSSR count). The highest BCUT2D eigenvalue weighted by Gasteiger charge is 2.13. The average Bonchev–Trinajstić information content (AvgIpc) is 2.52. The minimum atomic E-state index is -0.387. The van der Waals surface area contributed by atoms with Gasteiger partial charge >= 0.3 is 0 Å². The van der Waals surface area contributed by atoms with Crippen molar-refractivity contribution in [2.45, 2.75) is 12.8 Å².